The van der Waals surface area contributed by atoms with Gasteiger partial charge in [-0.1, -0.05) is 12.1 Å². The number of aryl methyl sites for hydroxylation is 1. The molecule has 1 aliphatic rings. The second kappa shape index (κ2) is 6.25. The van der Waals surface area contributed by atoms with Gasteiger partial charge in [0, 0.05) is 24.4 Å². The number of aromatic nitrogens is 1. The van der Waals surface area contributed by atoms with Gasteiger partial charge in [0.25, 0.3) is 0 Å². The summed E-state index contributed by atoms with van der Waals surface area (Å²) < 4.78 is 5.39. The van der Waals surface area contributed by atoms with E-state index < -0.39 is 0 Å². The monoisotopic (exact) mass is 283 g/mol. The minimum Gasteiger partial charge on any atom is -0.494 e. The Bertz CT molecular complexity index is 641. The molecule has 1 saturated carbocycles. The third-order valence-electron chi connectivity index (χ3n) is 4.53. The minimum absolute atomic E-state index is 0.436. The molecular weight excluding hydrogens is 262 g/mol. The van der Waals surface area contributed by atoms with Gasteiger partial charge in [0.1, 0.15) is 17.0 Å². The number of carbonyl (C=O) groups is 1. The highest BCUT2D eigenvalue weighted by molar-refractivity contribution is 5.87. The number of hydrogen-bond donors (Lipinski definition) is 0. The van der Waals surface area contributed by atoms with E-state index in [2.05, 4.69) is 17.1 Å². The first-order valence-corrected chi connectivity index (χ1v) is 7.70. The Morgan fingerprint density at radius 3 is 2.81 bits per heavy atom. The van der Waals surface area contributed by atoms with E-state index >= 15 is 0 Å². The lowest BCUT2D eigenvalue weighted by Crippen LogP contribution is -2.14. The van der Waals surface area contributed by atoms with Crippen LogP contribution in [0.15, 0.2) is 30.5 Å². The first kappa shape index (κ1) is 14.1. The number of ketones is 1. The molecule has 0 atom stereocenters. The smallest absolute Gasteiger partial charge is 0.145 e. The van der Waals surface area contributed by atoms with Crippen molar-refractivity contribution in [3.05, 3.63) is 36.0 Å². The molecule has 0 amide bonds. The van der Waals surface area contributed by atoms with E-state index in [1.165, 1.54) is 10.9 Å². The zero-order valence-corrected chi connectivity index (χ0v) is 12.5. The van der Waals surface area contributed by atoms with Crippen LogP contribution in [-0.2, 0) is 11.2 Å². The van der Waals surface area contributed by atoms with Gasteiger partial charge >= 0.3 is 0 Å². The van der Waals surface area contributed by atoms with Crippen LogP contribution in [0.3, 0.4) is 0 Å². The van der Waals surface area contributed by atoms with E-state index in [0.29, 0.717) is 11.7 Å². The Balaban J connectivity index is 1.76. The number of hydrogen-bond acceptors (Lipinski definition) is 3. The summed E-state index contributed by atoms with van der Waals surface area (Å²) >= 11 is 0. The average molecular weight is 283 g/mol. The molecule has 21 heavy (non-hydrogen) atoms. The van der Waals surface area contributed by atoms with E-state index in [-0.39, 0.29) is 0 Å². The third-order valence-corrected chi connectivity index (χ3v) is 4.53. The van der Waals surface area contributed by atoms with Gasteiger partial charge in [-0.15, -0.1) is 0 Å². The van der Waals surface area contributed by atoms with Crippen LogP contribution in [0, 0.1) is 5.92 Å². The molecule has 3 nitrogen and oxygen atoms in total. The van der Waals surface area contributed by atoms with E-state index in [1.54, 1.807) is 7.11 Å². The zero-order chi connectivity index (χ0) is 14.7. The fourth-order valence-electron chi connectivity index (χ4n) is 3.24. The fourth-order valence-corrected chi connectivity index (χ4v) is 3.24. The highest BCUT2D eigenvalue weighted by Gasteiger charge is 2.18. The summed E-state index contributed by atoms with van der Waals surface area (Å²) in [5.41, 5.74) is 2.27. The number of benzene rings is 1. The van der Waals surface area contributed by atoms with Crippen LogP contribution in [0.4, 0.5) is 0 Å². The number of pyridine rings is 1. The van der Waals surface area contributed by atoms with Gasteiger partial charge in [-0.25, -0.2) is 0 Å². The Hall–Kier alpha value is -1.90. The molecule has 3 rings (SSSR count). The summed E-state index contributed by atoms with van der Waals surface area (Å²) in [6.45, 7) is 0. The van der Waals surface area contributed by atoms with Crippen LogP contribution in [-0.4, -0.2) is 17.9 Å². The number of ether oxygens (including phenoxy) is 1. The predicted octanol–water partition coefficient (Wildman–Crippen LogP) is 3.94. The average Bonchev–Trinajstić information content (AvgIpc) is 2.53. The summed E-state index contributed by atoms with van der Waals surface area (Å²) in [7, 11) is 1.68. The summed E-state index contributed by atoms with van der Waals surface area (Å²) in [5.74, 6) is 1.96. The first-order chi connectivity index (χ1) is 10.3. The van der Waals surface area contributed by atoms with Crippen molar-refractivity contribution in [1.82, 2.24) is 4.98 Å². The van der Waals surface area contributed by atoms with Gasteiger partial charge in [0.05, 0.1) is 7.11 Å². The van der Waals surface area contributed by atoms with E-state index in [0.717, 1.165) is 49.8 Å². The van der Waals surface area contributed by atoms with Gasteiger partial charge in [0.15, 0.2) is 0 Å². The first-order valence-electron chi connectivity index (χ1n) is 7.70. The topological polar surface area (TPSA) is 39.2 Å². The van der Waals surface area contributed by atoms with Crippen molar-refractivity contribution in [2.24, 2.45) is 5.92 Å². The molecule has 2 aromatic rings. The molecule has 0 radical (unpaired) electrons. The molecule has 0 N–H and O–H groups in total. The molecule has 110 valence electrons. The number of methoxy groups -OCH3 is 1. The molecule has 1 aliphatic carbocycles. The molecule has 0 saturated heterocycles. The lowest BCUT2D eigenvalue weighted by Gasteiger charge is -2.21. The van der Waals surface area contributed by atoms with Crippen LogP contribution in [0.25, 0.3) is 10.9 Å². The van der Waals surface area contributed by atoms with Crippen molar-refractivity contribution in [3.63, 3.8) is 0 Å². The molecule has 1 aromatic heterocycles. The lowest BCUT2D eigenvalue weighted by molar-refractivity contribution is -0.121. The predicted molar refractivity (Wildman–Crippen MR) is 83.6 cm³/mol. The highest BCUT2D eigenvalue weighted by Crippen LogP contribution is 2.29. The summed E-state index contributed by atoms with van der Waals surface area (Å²) in [6, 6.07) is 8.19. The van der Waals surface area contributed by atoms with Gasteiger partial charge < -0.3 is 4.74 Å². The van der Waals surface area contributed by atoms with Gasteiger partial charge in [-0.05, 0) is 49.3 Å². The number of nitrogens with zero attached hydrogens (tertiary/aromatic N) is 1. The van der Waals surface area contributed by atoms with Crippen LogP contribution < -0.4 is 4.74 Å². The van der Waals surface area contributed by atoms with Crippen LogP contribution >= 0.6 is 0 Å². The second-order valence-corrected chi connectivity index (χ2v) is 5.85. The highest BCUT2D eigenvalue weighted by atomic mass is 16.5. The number of Topliss-reactive ketones (excluding diaryl/α,β-unsaturated/α-hetero) is 1. The van der Waals surface area contributed by atoms with Crippen molar-refractivity contribution in [2.45, 2.75) is 38.5 Å². The normalized spacial score (nSPS) is 16.3. The van der Waals surface area contributed by atoms with Crippen LogP contribution in [0.2, 0.25) is 0 Å². The zero-order valence-electron chi connectivity index (χ0n) is 12.5. The van der Waals surface area contributed by atoms with E-state index in [4.69, 9.17) is 4.74 Å². The number of rotatable bonds is 4. The molecule has 0 aliphatic heterocycles. The summed E-state index contributed by atoms with van der Waals surface area (Å²) in [4.78, 5) is 15.8. The molecular formula is C18H21NO2. The van der Waals surface area contributed by atoms with Gasteiger partial charge in [-0.3, -0.25) is 9.78 Å². The number of para-hydroxylation sites is 1. The van der Waals surface area contributed by atoms with Crippen molar-refractivity contribution >= 4 is 16.7 Å². The Labute approximate surface area is 125 Å². The largest absolute Gasteiger partial charge is 0.494 e. The Morgan fingerprint density at radius 1 is 1.24 bits per heavy atom. The molecule has 0 spiro atoms. The van der Waals surface area contributed by atoms with E-state index in [1.807, 2.05) is 18.3 Å². The molecule has 0 unspecified atom stereocenters. The molecule has 1 aromatic carbocycles. The lowest BCUT2D eigenvalue weighted by atomic mass is 9.84. The summed E-state index contributed by atoms with van der Waals surface area (Å²) in [5, 5.41) is 1.18. The second-order valence-electron chi connectivity index (χ2n) is 5.85. The maximum Gasteiger partial charge on any atom is 0.145 e. The minimum atomic E-state index is 0.436. The fraction of sp³-hybridized carbons (Fsp3) is 0.444. The van der Waals surface area contributed by atoms with Gasteiger partial charge in [0.2, 0.25) is 0 Å². The van der Waals surface area contributed by atoms with Crippen molar-refractivity contribution in [1.29, 1.82) is 0 Å². The van der Waals surface area contributed by atoms with Crippen LogP contribution in [0.1, 0.15) is 37.7 Å². The molecule has 1 fully saturated rings. The number of carbonyl (C=O) groups excluding carboxylic acids is 1. The summed E-state index contributed by atoms with van der Waals surface area (Å²) in [6.07, 6.45) is 7.74. The maximum absolute atomic E-state index is 11.3. The van der Waals surface area contributed by atoms with E-state index in [9.17, 15) is 4.79 Å². The molecule has 0 bridgehead atoms. The van der Waals surface area contributed by atoms with Crippen molar-refractivity contribution in [3.8, 4) is 5.75 Å². The Kier molecular flexibility index (Phi) is 4.18. The standard InChI is InChI=1S/C18H21NO2/c1-21-17-4-2-3-16-14(11-12-19-18(16)17)8-5-13-6-9-15(20)10-7-13/h2-4,11-13H,5-10H2,1H3. The quantitative estimate of drug-likeness (QED) is 0.853. The number of fused-ring (bicyclic) bond motifs is 1. The molecule has 3 heteroatoms. The Morgan fingerprint density at radius 2 is 2.05 bits per heavy atom. The van der Waals surface area contributed by atoms with Crippen molar-refractivity contribution in [2.75, 3.05) is 7.11 Å². The van der Waals surface area contributed by atoms with Gasteiger partial charge in [-0.2, -0.15) is 0 Å². The van der Waals surface area contributed by atoms with Crippen molar-refractivity contribution < 1.29 is 9.53 Å². The third kappa shape index (κ3) is 3.07. The molecule has 1 heterocycles. The SMILES string of the molecule is COc1cccc2c(CCC3CCC(=O)CC3)ccnc12. The maximum atomic E-state index is 11.3. The van der Waals surface area contributed by atoms with Crippen LogP contribution in [0.5, 0.6) is 5.75 Å².